The summed E-state index contributed by atoms with van der Waals surface area (Å²) in [5.41, 5.74) is 0.689. The number of hydrogen-bond donors (Lipinski definition) is 1. The van der Waals surface area contributed by atoms with E-state index in [0.29, 0.717) is 5.69 Å². The first-order chi connectivity index (χ1) is 16.9. The predicted molar refractivity (Wildman–Crippen MR) is 135 cm³/mol. The molecule has 7 nitrogen and oxygen atoms in total. The van der Waals surface area contributed by atoms with E-state index in [-0.39, 0.29) is 28.3 Å². The summed E-state index contributed by atoms with van der Waals surface area (Å²) in [6.07, 6.45) is 10.3. The highest BCUT2D eigenvalue weighted by Crippen LogP contribution is 2.35. The zero-order chi connectivity index (χ0) is 24.8. The highest BCUT2D eigenvalue weighted by molar-refractivity contribution is 7.89. The molecule has 8 heteroatoms. The van der Waals surface area contributed by atoms with Crippen LogP contribution in [0, 0.1) is 0 Å². The molecule has 2 aromatic carbocycles. The van der Waals surface area contributed by atoms with Crippen molar-refractivity contribution in [3.8, 4) is 5.75 Å². The number of carbonyl (C=O) groups is 2. The second-order valence-electron chi connectivity index (χ2n) is 9.49. The van der Waals surface area contributed by atoms with Crippen LogP contribution in [-0.2, 0) is 14.8 Å². The smallest absolute Gasteiger partial charge is 0.308 e. The van der Waals surface area contributed by atoms with Crippen LogP contribution in [0.2, 0.25) is 0 Å². The van der Waals surface area contributed by atoms with Gasteiger partial charge in [-0.05, 0) is 62.1 Å². The van der Waals surface area contributed by atoms with Gasteiger partial charge in [-0.3, -0.25) is 9.59 Å². The van der Waals surface area contributed by atoms with Crippen LogP contribution in [0.5, 0.6) is 5.75 Å². The van der Waals surface area contributed by atoms with Crippen LogP contribution >= 0.6 is 0 Å². The summed E-state index contributed by atoms with van der Waals surface area (Å²) in [5, 5.41) is 2.77. The number of amides is 1. The Bertz CT molecular complexity index is 1120. The number of anilines is 1. The lowest BCUT2D eigenvalue weighted by Crippen LogP contribution is -2.48. The van der Waals surface area contributed by atoms with E-state index in [1.54, 1.807) is 48.5 Å². The Kier molecular flexibility index (Phi) is 8.23. The largest absolute Gasteiger partial charge is 0.426 e. The average molecular weight is 499 g/mol. The molecule has 4 rings (SSSR count). The van der Waals surface area contributed by atoms with Gasteiger partial charge in [0, 0.05) is 24.7 Å². The molecule has 2 fully saturated rings. The first kappa shape index (κ1) is 25.4. The van der Waals surface area contributed by atoms with Crippen molar-refractivity contribution in [2.45, 2.75) is 88.1 Å². The molecule has 0 unspecified atom stereocenters. The summed E-state index contributed by atoms with van der Waals surface area (Å²) in [5.74, 6) is -0.781. The number of ether oxygens (including phenoxy) is 1. The molecular weight excluding hydrogens is 464 g/mol. The molecule has 2 aliphatic carbocycles. The second-order valence-corrected chi connectivity index (χ2v) is 11.3. The van der Waals surface area contributed by atoms with E-state index < -0.39 is 21.9 Å². The van der Waals surface area contributed by atoms with Gasteiger partial charge in [0.15, 0.2) is 0 Å². The summed E-state index contributed by atoms with van der Waals surface area (Å²) in [4.78, 5) is 24.4. The minimum atomic E-state index is -3.65. The average Bonchev–Trinajstić information content (AvgIpc) is 2.85. The third-order valence-electron chi connectivity index (χ3n) is 6.94. The van der Waals surface area contributed by atoms with E-state index in [0.717, 1.165) is 51.4 Å². The molecule has 0 atom stereocenters. The number of hydrogen-bond acceptors (Lipinski definition) is 5. The Morgan fingerprint density at radius 1 is 0.829 bits per heavy atom. The van der Waals surface area contributed by atoms with Crippen LogP contribution in [0.4, 0.5) is 5.69 Å². The fourth-order valence-corrected chi connectivity index (χ4v) is 7.22. The van der Waals surface area contributed by atoms with E-state index in [2.05, 4.69) is 5.32 Å². The van der Waals surface area contributed by atoms with Gasteiger partial charge in [-0.15, -0.1) is 0 Å². The predicted octanol–water partition coefficient (Wildman–Crippen LogP) is 5.52. The van der Waals surface area contributed by atoms with Gasteiger partial charge in [-0.1, -0.05) is 50.7 Å². The third kappa shape index (κ3) is 6.11. The molecule has 35 heavy (non-hydrogen) atoms. The van der Waals surface area contributed by atoms with Crippen molar-refractivity contribution in [3.05, 3.63) is 54.1 Å². The topological polar surface area (TPSA) is 92.8 Å². The van der Waals surface area contributed by atoms with Crippen LogP contribution < -0.4 is 10.1 Å². The number of nitrogens with zero attached hydrogens (tertiary/aromatic N) is 1. The SMILES string of the molecule is CC(=O)Oc1ccccc1C(=O)Nc1ccc(S(=O)(=O)N(C2CCCCC2)C2CCCCC2)cc1. The van der Waals surface area contributed by atoms with E-state index in [1.165, 1.54) is 19.8 Å². The van der Waals surface area contributed by atoms with E-state index in [9.17, 15) is 18.0 Å². The maximum atomic E-state index is 13.8. The number of sulfonamides is 1. The minimum Gasteiger partial charge on any atom is -0.426 e. The molecule has 1 amide bonds. The molecule has 0 saturated heterocycles. The molecule has 2 saturated carbocycles. The van der Waals surface area contributed by atoms with E-state index in [1.807, 2.05) is 4.31 Å². The standard InChI is InChI=1S/C27H34N2O5S/c1-20(30)34-26-15-9-8-14-25(26)27(31)28-21-16-18-24(19-17-21)35(32,33)29(22-10-4-2-5-11-22)23-12-6-3-7-13-23/h8-9,14-19,22-23H,2-7,10-13H2,1H3,(H,28,31). The van der Waals surface area contributed by atoms with Gasteiger partial charge in [0.25, 0.3) is 5.91 Å². The monoisotopic (exact) mass is 498 g/mol. The van der Waals surface area contributed by atoms with Gasteiger partial charge >= 0.3 is 5.97 Å². The second kappa shape index (κ2) is 11.4. The van der Waals surface area contributed by atoms with Crippen molar-refractivity contribution in [1.82, 2.24) is 4.31 Å². The van der Waals surface area contributed by atoms with Crippen molar-refractivity contribution in [3.63, 3.8) is 0 Å². The number of carbonyl (C=O) groups excluding carboxylic acids is 2. The Morgan fingerprint density at radius 2 is 1.37 bits per heavy atom. The van der Waals surface area contributed by atoms with Crippen LogP contribution in [0.25, 0.3) is 0 Å². The molecule has 2 aliphatic rings. The van der Waals surface area contributed by atoms with E-state index >= 15 is 0 Å². The Labute approximate surface area is 207 Å². The number of nitrogens with one attached hydrogen (secondary N) is 1. The minimum absolute atomic E-state index is 0.0639. The van der Waals surface area contributed by atoms with Crippen molar-refractivity contribution in [1.29, 1.82) is 0 Å². The molecular formula is C27H34N2O5S. The molecule has 0 aromatic heterocycles. The maximum Gasteiger partial charge on any atom is 0.308 e. The maximum absolute atomic E-state index is 13.8. The van der Waals surface area contributed by atoms with Gasteiger partial charge < -0.3 is 10.1 Å². The van der Waals surface area contributed by atoms with Gasteiger partial charge in [0.05, 0.1) is 10.5 Å². The summed E-state index contributed by atoms with van der Waals surface area (Å²) >= 11 is 0. The number of esters is 1. The molecule has 2 aromatic rings. The van der Waals surface area contributed by atoms with Crippen molar-refractivity contribution >= 4 is 27.6 Å². The Morgan fingerprint density at radius 3 is 1.91 bits per heavy atom. The zero-order valence-electron chi connectivity index (χ0n) is 20.2. The normalized spacial score (nSPS) is 17.8. The molecule has 1 N–H and O–H groups in total. The Balaban J connectivity index is 1.53. The zero-order valence-corrected chi connectivity index (χ0v) is 21.1. The first-order valence-electron chi connectivity index (χ1n) is 12.6. The first-order valence-corrected chi connectivity index (χ1v) is 14.0. The van der Waals surface area contributed by atoms with Crippen LogP contribution in [0.15, 0.2) is 53.4 Å². The quantitative estimate of drug-likeness (QED) is 0.401. The summed E-state index contributed by atoms with van der Waals surface area (Å²) in [6.45, 7) is 1.28. The number of rotatable bonds is 7. The Hall–Kier alpha value is -2.71. The van der Waals surface area contributed by atoms with Crippen molar-refractivity contribution in [2.75, 3.05) is 5.32 Å². The molecule has 0 spiro atoms. The van der Waals surface area contributed by atoms with Crippen LogP contribution in [-0.4, -0.2) is 36.7 Å². The highest BCUT2D eigenvalue weighted by Gasteiger charge is 2.38. The fraction of sp³-hybridized carbons (Fsp3) is 0.481. The number of benzene rings is 2. The van der Waals surface area contributed by atoms with Crippen molar-refractivity contribution < 1.29 is 22.7 Å². The van der Waals surface area contributed by atoms with Crippen LogP contribution in [0.1, 0.15) is 81.5 Å². The van der Waals surface area contributed by atoms with Gasteiger partial charge in [0.2, 0.25) is 10.0 Å². The van der Waals surface area contributed by atoms with Crippen LogP contribution in [0.3, 0.4) is 0 Å². The molecule has 0 radical (unpaired) electrons. The van der Waals surface area contributed by atoms with Gasteiger partial charge in [-0.2, -0.15) is 4.31 Å². The summed E-state index contributed by atoms with van der Waals surface area (Å²) in [6, 6.07) is 13.0. The molecule has 0 heterocycles. The van der Waals surface area contributed by atoms with E-state index in [4.69, 9.17) is 4.74 Å². The lowest BCUT2D eigenvalue weighted by Gasteiger charge is -2.40. The van der Waals surface area contributed by atoms with Gasteiger partial charge in [-0.25, -0.2) is 8.42 Å². The summed E-state index contributed by atoms with van der Waals surface area (Å²) in [7, 11) is -3.65. The highest BCUT2D eigenvalue weighted by atomic mass is 32.2. The molecule has 188 valence electrons. The number of para-hydroxylation sites is 1. The third-order valence-corrected chi connectivity index (χ3v) is 8.96. The van der Waals surface area contributed by atoms with Crippen molar-refractivity contribution in [2.24, 2.45) is 0 Å². The van der Waals surface area contributed by atoms with Gasteiger partial charge in [0.1, 0.15) is 5.75 Å². The molecule has 0 bridgehead atoms. The fourth-order valence-electron chi connectivity index (χ4n) is 5.29. The molecule has 0 aliphatic heterocycles. The summed E-state index contributed by atoms with van der Waals surface area (Å²) < 4.78 is 34.6. The lowest BCUT2D eigenvalue weighted by atomic mass is 9.91. The lowest BCUT2D eigenvalue weighted by molar-refractivity contribution is -0.131.